The summed E-state index contributed by atoms with van der Waals surface area (Å²) in [6.45, 7) is 6.63. The topological polar surface area (TPSA) is 0 Å². The van der Waals surface area contributed by atoms with Crippen LogP contribution in [-0.2, 0) is 0 Å². The highest BCUT2D eigenvalue weighted by Crippen LogP contribution is 2.25. The van der Waals surface area contributed by atoms with Gasteiger partial charge >= 0.3 is 0 Å². The van der Waals surface area contributed by atoms with Gasteiger partial charge in [-0.3, -0.25) is 0 Å². The largest absolute Gasteiger partial charge is 0.0883 e. The third-order valence-electron chi connectivity index (χ3n) is 3.53. The molecule has 1 rings (SSSR count). The summed E-state index contributed by atoms with van der Waals surface area (Å²) in [5.41, 5.74) is 0. The minimum atomic E-state index is 0.936. The summed E-state index contributed by atoms with van der Waals surface area (Å²) < 4.78 is 0. The van der Waals surface area contributed by atoms with Crippen molar-refractivity contribution in [3.63, 3.8) is 0 Å². The molecule has 1 aliphatic rings. The average molecular weight is 238 g/mol. The van der Waals surface area contributed by atoms with E-state index in [-0.39, 0.29) is 0 Å². The molecule has 0 bridgehead atoms. The summed E-state index contributed by atoms with van der Waals surface area (Å²) in [4.78, 5) is 0. The van der Waals surface area contributed by atoms with Crippen LogP contribution in [0.15, 0.2) is 12.2 Å². The Morgan fingerprint density at radius 3 is 2.00 bits per heavy atom. The zero-order valence-electron chi connectivity index (χ0n) is 12.5. The molecular weight excluding hydrogens is 204 g/mol. The van der Waals surface area contributed by atoms with Crippen LogP contribution in [0.3, 0.4) is 0 Å². The first-order chi connectivity index (χ1) is 8.35. The molecule has 0 heteroatoms. The first kappa shape index (κ1) is 16.7. The Labute approximate surface area is 110 Å². The zero-order valence-corrected chi connectivity index (χ0v) is 12.5. The monoisotopic (exact) mass is 238 g/mol. The van der Waals surface area contributed by atoms with Crippen molar-refractivity contribution in [3.8, 4) is 0 Å². The molecule has 0 radical (unpaired) electrons. The maximum absolute atomic E-state index is 2.47. The molecule has 0 aromatic rings. The number of allylic oxidation sites excluding steroid dienone is 2. The molecule has 0 spiro atoms. The van der Waals surface area contributed by atoms with E-state index in [2.05, 4.69) is 32.9 Å². The van der Waals surface area contributed by atoms with Gasteiger partial charge in [0.1, 0.15) is 0 Å². The fraction of sp³-hybridized carbons (Fsp3) is 0.882. The second-order valence-corrected chi connectivity index (χ2v) is 5.32. The Balaban J connectivity index is 0.000000557. The normalized spacial score (nSPS) is 16.2. The van der Waals surface area contributed by atoms with Crippen LogP contribution in [0.1, 0.15) is 91.4 Å². The van der Waals surface area contributed by atoms with Gasteiger partial charge in [-0.2, -0.15) is 0 Å². The Bertz CT molecular complexity index is 149. The highest BCUT2D eigenvalue weighted by atomic mass is 14.2. The number of hydrogen-bond acceptors (Lipinski definition) is 0. The second-order valence-electron chi connectivity index (χ2n) is 5.32. The number of unbranched alkanes of at least 4 members (excludes halogenated alkanes) is 5. The number of rotatable bonds is 7. The van der Waals surface area contributed by atoms with Crippen LogP contribution >= 0.6 is 0 Å². The molecule has 0 aliphatic heterocycles. The first-order valence-electron chi connectivity index (χ1n) is 8.01. The Kier molecular flexibility index (Phi) is 13.6. The van der Waals surface area contributed by atoms with Crippen LogP contribution in [0, 0.1) is 5.92 Å². The van der Waals surface area contributed by atoms with E-state index in [4.69, 9.17) is 0 Å². The molecule has 0 atom stereocenters. The molecule has 17 heavy (non-hydrogen) atoms. The van der Waals surface area contributed by atoms with E-state index in [0.29, 0.717) is 0 Å². The molecule has 1 aliphatic carbocycles. The second kappa shape index (κ2) is 13.8. The molecule has 0 nitrogen and oxygen atoms in total. The fourth-order valence-corrected chi connectivity index (χ4v) is 2.13. The summed E-state index contributed by atoms with van der Waals surface area (Å²) >= 11 is 0. The van der Waals surface area contributed by atoms with Crippen molar-refractivity contribution in [1.29, 1.82) is 0 Å². The van der Waals surface area contributed by atoms with Crippen LogP contribution < -0.4 is 0 Å². The Hall–Kier alpha value is -0.260. The lowest BCUT2D eigenvalue weighted by Crippen LogP contribution is -1.85. The first-order valence-corrected chi connectivity index (χ1v) is 8.01. The average Bonchev–Trinajstić information content (AvgIpc) is 2.87. The maximum atomic E-state index is 2.47. The lowest BCUT2D eigenvalue weighted by atomic mass is 10.1. The molecule has 0 aromatic heterocycles. The van der Waals surface area contributed by atoms with Gasteiger partial charge in [0.2, 0.25) is 0 Å². The molecular formula is C17H34. The predicted octanol–water partition coefficient (Wildman–Crippen LogP) is 6.51. The van der Waals surface area contributed by atoms with Crippen molar-refractivity contribution in [2.45, 2.75) is 91.4 Å². The summed E-state index contributed by atoms with van der Waals surface area (Å²) in [7, 11) is 0. The summed E-state index contributed by atoms with van der Waals surface area (Å²) in [5, 5.41) is 0. The zero-order chi connectivity index (χ0) is 12.8. The van der Waals surface area contributed by atoms with Crippen molar-refractivity contribution in [1.82, 2.24) is 0 Å². The van der Waals surface area contributed by atoms with E-state index >= 15 is 0 Å². The quantitative estimate of drug-likeness (QED) is 0.350. The van der Waals surface area contributed by atoms with Gasteiger partial charge in [0.25, 0.3) is 0 Å². The molecule has 0 amide bonds. The van der Waals surface area contributed by atoms with E-state index in [1.807, 2.05) is 0 Å². The van der Waals surface area contributed by atoms with Gasteiger partial charge in [-0.1, -0.05) is 77.9 Å². The third kappa shape index (κ3) is 12.0. The van der Waals surface area contributed by atoms with Gasteiger partial charge in [-0.05, 0) is 31.6 Å². The van der Waals surface area contributed by atoms with E-state index in [1.54, 1.807) is 0 Å². The van der Waals surface area contributed by atoms with Gasteiger partial charge in [-0.25, -0.2) is 0 Å². The minimum Gasteiger partial charge on any atom is -0.0883 e. The van der Waals surface area contributed by atoms with Gasteiger partial charge < -0.3 is 0 Å². The minimum absolute atomic E-state index is 0.936. The molecule has 0 N–H and O–H groups in total. The fourth-order valence-electron chi connectivity index (χ4n) is 2.13. The maximum Gasteiger partial charge on any atom is -0.0234 e. The summed E-state index contributed by atoms with van der Waals surface area (Å²) in [5.74, 6) is 0.936. The summed E-state index contributed by atoms with van der Waals surface area (Å²) in [6.07, 6.45) is 20.3. The highest BCUT2D eigenvalue weighted by Gasteiger charge is 2.10. The van der Waals surface area contributed by atoms with E-state index in [0.717, 1.165) is 5.92 Å². The van der Waals surface area contributed by atoms with Crippen LogP contribution in [0.4, 0.5) is 0 Å². The molecule has 0 heterocycles. The highest BCUT2D eigenvalue weighted by molar-refractivity contribution is 4.90. The van der Waals surface area contributed by atoms with Crippen molar-refractivity contribution in [2.24, 2.45) is 5.92 Å². The smallest absolute Gasteiger partial charge is 0.0234 e. The SMILES string of the molecule is CCCC.CCCCCC/C=C/C1CCCC1. The Morgan fingerprint density at radius 1 is 0.824 bits per heavy atom. The van der Waals surface area contributed by atoms with Crippen LogP contribution in [-0.4, -0.2) is 0 Å². The number of hydrogen-bond donors (Lipinski definition) is 0. The van der Waals surface area contributed by atoms with Crippen molar-refractivity contribution in [3.05, 3.63) is 12.2 Å². The molecule has 0 aromatic carbocycles. The summed E-state index contributed by atoms with van der Waals surface area (Å²) in [6, 6.07) is 0. The van der Waals surface area contributed by atoms with Crippen molar-refractivity contribution in [2.75, 3.05) is 0 Å². The van der Waals surface area contributed by atoms with Gasteiger partial charge in [0.05, 0.1) is 0 Å². The molecule has 1 saturated carbocycles. The lowest BCUT2D eigenvalue weighted by molar-refractivity contribution is 0.660. The van der Waals surface area contributed by atoms with E-state index in [1.165, 1.54) is 70.6 Å². The van der Waals surface area contributed by atoms with Crippen LogP contribution in [0.2, 0.25) is 0 Å². The van der Waals surface area contributed by atoms with Gasteiger partial charge in [0.15, 0.2) is 0 Å². The third-order valence-corrected chi connectivity index (χ3v) is 3.53. The molecule has 0 saturated heterocycles. The predicted molar refractivity (Wildman–Crippen MR) is 80.4 cm³/mol. The van der Waals surface area contributed by atoms with E-state index in [9.17, 15) is 0 Å². The van der Waals surface area contributed by atoms with Crippen LogP contribution in [0.5, 0.6) is 0 Å². The van der Waals surface area contributed by atoms with Crippen molar-refractivity contribution >= 4 is 0 Å². The lowest BCUT2D eigenvalue weighted by Gasteiger charge is -1.99. The van der Waals surface area contributed by atoms with Gasteiger partial charge in [0, 0.05) is 0 Å². The molecule has 1 fully saturated rings. The molecule has 0 unspecified atom stereocenters. The van der Waals surface area contributed by atoms with Gasteiger partial charge in [-0.15, -0.1) is 0 Å². The van der Waals surface area contributed by atoms with E-state index < -0.39 is 0 Å². The van der Waals surface area contributed by atoms with Crippen LogP contribution in [0.25, 0.3) is 0 Å². The standard InChI is InChI=1S/C13H24.C4H10/c1-2-3-4-5-6-7-10-13-11-8-9-12-13;1-3-4-2/h7,10,13H,2-6,8-9,11-12H2,1H3;3-4H2,1-2H3/b10-7+;. The van der Waals surface area contributed by atoms with Crippen molar-refractivity contribution < 1.29 is 0 Å². The Morgan fingerprint density at radius 2 is 1.47 bits per heavy atom. The molecule has 102 valence electrons.